The molecule has 0 radical (unpaired) electrons. The topological polar surface area (TPSA) is 35.2 Å². The van der Waals surface area contributed by atoms with Gasteiger partial charge in [0, 0.05) is 0 Å². The zero-order chi connectivity index (χ0) is 9.73. The summed E-state index contributed by atoms with van der Waals surface area (Å²) in [6.45, 7) is 5.24. The number of rotatable bonds is 3. The van der Waals surface area contributed by atoms with E-state index in [1.807, 2.05) is 0 Å². The van der Waals surface area contributed by atoms with E-state index >= 15 is 0 Å². The Bertz CT molecular complexity index is 137. The van der Waals surface area contributed by atoms with Crippen molar-refractivity contribution in [3.63, 3.8) is 0 Å². The van der Waals surface area contributed by atoms with Gasteiger partial charge in [-0.15, -0.1) is 0 Å². The van der Waals surface area contributed by atoms with Crippen molar-refractivity contribution < 1.29 is 4.84 Å². The van der Waals surface area contributed by atoms with Crippen LogP contribution in [-0.4, -0.2) is 6.61 Å². The van der Waals surface area contributed by atoms with Crippen molar-refractivity contribution in [2.75, 3.05) is 6.61 Å². The van der Waals surface area contributed by atoms with E-state index < -0.39 is 0 Å². The molecule has 1 aliphatic carbocycles. The van der Waals surface area contributed by atoms with Crippen molar-refractivity contribution >= 4 is 0 Å². The van der Waals surface area contributed by atoms with Crippen LogP contribution in [0.3, 0.4) is 0 Å². The monoisotopic (exact) mass is 185 g/mol. The first-order chi connectivity index (χ1) is 6.17. The smallest absolute Gasteiger partial charge is 0.0732 e. The summed E-state index contributed by atoms with van der Waals surface area (Å²) in [4.78, 5) is 4.80. The standard InChI is InChI=1S/C11H23NO/c1-11(2,9-13-12)10-7-5-3-4-6-8-10/h10H,3-9,12H2,1-2H3. The van der Waals surface area contributed by atoms with E-state index in [1.165, 1.54) is 38.5 Å². The molecule has 0 amide bonds. The molecule has 0 aromatic rings. The number of hydrogen-bond acceptors (Lipinski definition) is 2. The molecule has 2 N–H and O–H groups in total. The van der Waals surface area contributed by atoms with E-state index in [4.69, 9.17) is 10.7 Å². The lowest BCUT2D eigenvalue weighted by Gasteiger charge is -2.32. The molecule has 78 valence electrons. The third kappa shape index (κ3) is 3.28. The zero-order valence-corrected chi connectivity index (χ0v) is 9.01. The van der Waals surface area contributed by atoms with E-state index in [0.717, 1.165) is 5.92 Å². The summed E-state index contributed by atoms with van der Waals surface area (Å²) in [5, 5.41) is 0. The van der Waals surface area contributed by atoms with Gasteiger partial charge in [-0.1, -0.05) is 39.5 Å². The molecule has 0 saturated heterocycles. The fraction of sp³-hybridized carbons (Fsp3) is 1.00. The van der Waals surface area contributed by atoms with Gasteiger partial charge >= 0.3 is 0 Å². The van der Waals surface area contributed by atoms with Crippen LogP contribution in [0.4, 0.5) is 0 Å². The van der Waals surface area contributed by atoms with Crippen LogP contribution in [0, 0.1) is 11.3 Å². The van der Waals surface area contributed by atoms with Crippen LogP contribution in [0.2, 0.25) is 0 Å². The third-order valence-electron chi connectivity index (χ3n) is 3.42. The van der Waals surface area contributed by atoms with Crippen molar-refractivity contribution in [2.45, 2.75) is 52.4 Å². The van der Waals surface area contributed by atoms with Crippen LogP contribution < -0.4 is 5.90 Å². The highest BCUT2D eigenvalue weighted by Gasteiger charge is 2.29. The van der Waals surface area contributed by atoms with Crippen molar-refractivity contribution in [2.24, 2.45) is 17.2 Å². The molecule has 0 aliphatic heterocycles. The summed E-state index contributed by atoms with van der Waals surface area (Å²) in [6, 6.07) is 0. The molecule has 2 heteroatoms. The predicted octanol–water partition coefficient (Wildman–Crippen LogP) is 2.87. The average Bonchev–Trinajstić information content (AvgIpc) is 2.31. The first-order valence-corrected chi connectivity index (χ1v) is 5.48. The lowest BCUT2D eigenvalue weighted by atomic mass is 9.75. The first kappa shape index (κ1) is 11.0. The SMILES string of the molecule is CC(C)(CON)C1CCCCCC1. The summed E-state index contributed by atoms with van der Waals surface area (Å²) in [5.41, 5.74) is 0.263. The molecule has 0 spiro atoms. The number of nitrogens with two attached hydrogens (primary N) is 1. The Kier molecular flexibility index (Phi) is 4.20. The molecule has 2 nitrogen and oxygen atoms in total. The fourth-order valence-corrected chi connectivity index (χ4v) is 2.39. The second kappa shape index (κ2) is 4.97. The van der Waals surface area contributed by atoms with Crippen LogP contribution in [0.5, 0.6) is 0 Å². The maximum absolute atomic E-state index is 5.16. The largest absolute Gasteiger partial charge is 0.304 e. The van der Waals surface area contributed by atoms with Gasteiger partial charge in [0.25, 0.3) is 0 Å². The summed E-state index contributed by atoms with van der Waals surface area (Å²) >= 11 is 0. The van der Waals surface area contributed by atoms with Gasteiger partial charge in [0.1, 0.15) is 0 Å². The highest BCUT2D eigenvalue weighted by Crippen LogP contribution is 2.37. The molecule has 0 aromatic heterocycles. The quantitative estimate of drug-likeness (QED) is 0.542. The second-order valence-corrected chi connectivity index (χ2v) is 4.99. The molecule has 1 saturated carbocycles. The van der Waals surface area contributed by atoms with E-state index in [9.17, 15) is 0 Å². The molecule has 0 atom stereocenters. The van der Waals surface area contributed by atoms with Crippen molar-refractivity contribution in [1.82, 2.24) is 0 Å². The Labute approximate surface area is 81.8 Å². The van der Waals surface area contributed by atoms with Crippen LogP contribution in [0.15, 0.2) is 0 Å². The molecule has 0 heterocycles. The highest BCUT2D eigenvalue weighted by molar-refractivity contribution is 4.79. The second-order valence-electron chi connectivity index (χ2n) is 4.99. The minimum atomic E-state index is 0.263. The highest BCUT2D eigenvalue weighted by atomic mass is 16.6. The van der Waals surface area contributed by atoms with Gasteiger partial charge in [-0.2, -0.15) is 0 Å². The maximum Gasteiger partial charge on any atom is 0.0732 e. The van der Waals surface area contributed by atoms with Crippen molar-refractivity contribution in [1.29, 1.82) is 0 Å². The Morgan fingerprint density at radius 3 is 2.15 bits per heavy atom. The minimum absolute atomic E-state index is 0.263. The summed E-state index contributed by atoms with van der Waals surface area (Å²) in [5.74, 6) is 5.96. The van der Waals surface area contributed by atoms with Gasteiger partial charge in [0.05, 0.1) is 6.61 Å². The molecular weight excluding hydrogens is 162 g/mol. The average molecular weight is 185 g/mol. The minimum Gasteiger partial charge on any atom is -0.304 e. The predicted molar refractivity (Wildman–Crippen MR) is 55.1 cm³/mol. The van der Waals surface area contributed by atoms with Gasteiger partial charge < -0.3 is 4.84 Å². The molecule has 1 aliphatic rings. The van der Waals surface area contributed by atoms with E-state index in [2.05, 4.69) is 13.8 Å². The Morgan fingerprint density at radius 1 is 1.15 bits per heavy atom. The molecule has 0 aromatic carbocycles. The Hall–Kier alpha value is -0.0800. The molecule has 0 bridgehead atoms. The van der Waals surface area contributed by atoms with Gasteiger partial charge in [0.2, 0.25) is 0 Å². The third-order valence-corrected chi connectivity index (χ3v) is 3.42. The van der Waals surface area contributed by atoms with E-state index in [-0.39, 0.29) is 5.41 Å². The first-order valence-electron chi connectivity index (χ1n) is 5.48. The maximum atomic E-state index is 5.16. The normalized spacial score (nSPS) is 21.5. The lowest BCUT2D eigenvalue weighted by Crippen LogP contribution is -2.30. The van der Waals surface area contributed by atoms with E-state index in [0.29, 0.717) is 6.61 Å². The summed E-state index contributed by atoms with van der Waals surface area (Å²) in [7, 11) is 0. The van der Waals surface area contributed by atoms with E-state index in [1.54, 1.807) is 0 Å². The number of hydrogen-bond donors (Lipinski definition) is 1. The Balaban J connectivity index is 2.46. The molecular formula is C11H23NO. The van der Waals surface area contributed by atoms with Crippen LogP contribution in [-0.2, 0) is 4.84 Å². The molecule has 13 heavy (non-hydrogen) atoms. The van der Waals surface area contributed by atoms with Gasteiger partial charge in [-0.25, -0.2) is 5.90 Å². The Morgan fingerprint density at radius 2 is 1.69 bits per heavy atom. The van der Waals surface area contributed by atoms with Gasteiger partial charge in [-0.3, -0.25) is 0 Å². The van der Waals surface area contributed by atoms with Crippen LogP contribution >= 0.6 is 0 Å². The van der Waals surface area contributed by atoms with Gasteiger partial charge in [0.15, 0.2) is 0 Å². The molecule has 1 rings (SSSR count). The molecule has 0 unspecified atom stereocenters. The molecule has 1 fully saturated rings. The fourth-order valence-electron chi connectivity index (χ4n) is 2.39. The lowest BCUT2D eigenvalue weighted by molar-refractivity contribution is 0.0231. The van der Waals surface area contributed by atoms with Gasteiger partial charge in [-0.05, 0) is 24.2 Å². The summed E-state index contributed by atoms with van der Waals surface area (Å²) < 4.78 is 0. The summed E-state index contributed by atoms with van der Waals surface area (Å²) in [6.07, 6.45) is 8.32. The zero-order valence-electron chi connectivity index (χ0n) is 9.01. The van der Waals surface area contributed by atoms with Crippen LogP contribution in [0.1, 0.15) is 52.4 Å². The van der Waals surface area contributed by atoms with Crippen LogP contribution in [0.25, 0.3) is 0 Å². The van der Waals surface area contributed by atoms with Crippen molar-refractivity contribution in [3.8, 4) is 0 Å². The van der Waals surface area contributed by atoms with Crippen molar-refractivity contribution in [3.05, 3.63) is 0 Å².